The van der Waals surface area contributed by atoms with Crippen LogP contribution in [-0.2, 0) is 0 Å². The fraction of sp³-hybridized carbons (Fsp3) is 0. The number of nitriles is 2. The molecular weight excluding hydrogens is 238 g/mol. The van der Waals surface area contributed by atoms with Gasteiger partial charge in [0.1, 0.15) is 17.7 Å². The number of aromatic nitrogens is 1. The Balaban J connectivity index is 2.76. The Hall–Kier alpha value is -1.95. The second-order valence-electron chi connectivity index (χ2n) is 2.97. The van der Waals surface area contributed by atoms with Crippen LogP contribution in [0.3, 0.4) is 0 Å². The van der Waals surface area contributed by atoms with E-state index in [0.29, 0.717) is 3.95 Å². The van der Waals surface area contributed by atoms with Crippen LogP contribution >= 0.6 is 23.6 Å². The molecule has 0 atom stereocenters. The molecule has 2 rings (SSSR count). The van der Waals surface area contributed by atoms with Gasteiger partial charge in [-0.1, -0.05) is 12.1 Å². The van der Waals surface area contributed by atoms with Crippen molar-refractivity contribution in [3.05, 3.63) is 33.8 Å². The van der Waals surface area contributed by atoms with Crippen molar-refractivity contribution >= 4 is 40.0 Å². The predicted molar refractivity (Wildman–Crippen MR) is 66.1 cm³/mol. The quantitative estimate of drug-likeness (QED) is 0.570. The maximum atomic E-state index is 8.70. The first-order valence-corrected chi connectivity index (χ1v) is 5.61. The Morgan fingerprint density at radius 2 is 2.00 bits per heavy atom. The maximum absolute atomic E-state index is 8.70. The van der Waals surface area contributed by atoms with E-state index in [2.05, 4.69) is 0 Å². The first-order valence-electron chi connectivity index (χ1n) is 4.38. The highest BCUT2D eigenvalue weighted by molar-refractivity contribution is 7.73. The van der Waals surface area contributed by atoms with Crippen molar-refractivity contribution in [2.45, 2.75) is 0 Å². The van der Waals surface area contributed by atoms with Crippen molar-refractivity contribution in [3.63, 3.8) is 0 Å². The number of fused-ring (bicyclic) bond motifs is 1. The summed E-state index contributed by atoms with van der Waals surface area (Å²) in [4.78, 5) is 0. The number of benzene rings is 1. The minimum Gasteiger partial charge on any atom is -0.296 e. The lowest BCUT2D eigenvalue weighted by Crippen LogP contribution is -1.87. The molecule has 0 spiro atoms. The fourth-order valence-electron chi connectivity index (χ4n) is 1.32. The third-order valence-electron chi connectivity index (χ3n) is 2.02. The summed E-state index contributed by atoms with van der Waals surface area (Å²) in [7, 11) is 0. The summed E-state index contributed by atoms with van der Waals surface area (Å²) in [6, 6.07) is 11.3. The Morgan fingerprint density at radius 1 is 1.31 bits per heavy atom. The van der Waals surface area contributed by atoms with E-state index in [1.807, 2.05) is 36.4 Å². The standard InChI is InChI=1S/C11H5N3S2/c12-5-8(6-13)7-14-9-3-1-2-4-10(9)16-11(14)15/h1-4,7H. The van der Waals surface area contributed by atoms with Gasteiger partial charge in [-0.15, -0.1) is 11.3 Å². The summed E-state index contributed by atoms with van der Waals surface area (Å²) >= 11 is 6.64. The van der Waals surface area contributed by atoms with Crippen molar-refractivity contribution in [1.82, 2.24) is 4.57 Å². The minimum atomic E-state index is 0.0413. The molecule has 76 valence electrons. The number of allylic oxidation sites excluding steroid dienone is 1. The molecule has 0 N–H and O–H groups in total. The molecule has 2 aromatic rings. The van der Waals surface area contributed by atoms with Gasteiger partial charge >= 0.3 is 0 Å². The third-order valence-corrected chi connectivity index (χ3v) is 3.40. The van der Waals surface area contributed by atoms with Crippen molar-refractivity contribution < 1.29 is 0 Å². The van der Waals surface area contributed by atoms with Gasteiger partial charge in [0.25, 0.3) is 0 Å². The van der Waals surface area contributed by atoms with Gasteiger partial charge in [0.2, 0.25) is 0 Å². The van der Waals surface area contributed by atoms with Gasteiger partial charge in [-0.2, -0.15) is 10.5 Å². The predicted octanol–water partition coefficient (Wildman–Crippen LogP) is 3.32. The minimum absolute atomic E-state index is 0.0413. The second kappa shape index (κ2) is 4.28. The average Bonchev–Trinajstić information content (AvgIpc) is 2.62. The summed E-state index contributed by atoms with van der Waals surface area (Å²) in [5.74, 6) is 0. The van der Waals surface area contributed by atoms with Crippen LogP contribution in [0.1, 0.15) is 0 Å². The number of thiazole rings is 1. The third kappa shape index (κ3) is 1.74. The van der Waals surface area contributed by atoms with Crippen LogP contribution in [-0.4, -0.2) is 4.57 Å². The van der Waals surface area contributed by atoms with Crippen LogP contribution in [0, 0.1) is 26.6 Å². The molecule has 0 radical (unpaired) electrons. The van der Waals surface area contributed by atoms with Gasteiger partial charge in [0.15, 0.2) is 3.95 Å². The highest BCUT2D eigenvalue weighted by Crippen LogP contribution is 2.23. The molecule has 5 heteroatoms. The SMILES string of the molecule is N#CC(C#N)=Cn1c(=S)sc2ccccc21. The Morgan fingerprint density at radius 3 is 2.69 bits per heavy atom. The van der Waals surface area contributed by atoms with Crippen LogP contribution in [0.5, 0.6) is 0 Å². The van der Waals surface area contributed by atoms with Gasteiger partial charge in [0.05, 0.1) is 10.2 Å². The number of rotatable bonds is 1. The van der Waals surface area contributed by atoms with E-state index < -0.39 is 0 Å². The Labute approximate surface area is 101 Å². The van der Waals surface area contributed by atoms with E-state index in [1.165, 1.54) is 17.5 Å². The smallest absolute Gasteiger partial charge is 0.166 e. The van der Waals surface area contributed by atoms with Crippen LogP contribution in [0.15, 0.2) is 29.8 Å². The second-order valence-corrected chi connectivity index (χ2v) is 4.65. The summed E-state index contributed by atoms with van der Waals surface area (Å²) < 4.78 is 3.36. The van der Waals surface area contributed by atoms with Gasteiger partial charge in [-0.25, -0.2) is 0 Å². The molecule has 0 fully saturated rings. The summed E-state index contributed by atoms with van der Waals surface area (Å²) in [6.45, 7) is 0. The van der Waals surface area contributed by atoms with Crippen molar-refractivity contribution in [3.8, 4) is 12.1 Å². The van der Waals surface area contributed by atoms with Crippen molar-refractivity contribution in [2.75, 3.05) is 0 Å². The molecule has 1 heterocycles. The van der Waals surface area contributed by atoms with E-state index in [1.54, 1.807) is 4.57 Å². The Kier molecular flexibility index (Phi) is 2.82. The molecule has 0 amide bonds. The first kappa shape index (κ1) is 10.6. The Bertz CT molecular complexity index is 691. The summed E-state index contributed by atoms with van der Waals surface area (Å²) in [5.41, 5.74) is 0.958. The average molecular weight is 243 g/mol. The summed E-state index contributed by atoms with van der Waals surface area (Å²) in [6.07, 6.45) is 1.47. The zero-order chi connectivity index (χ0) is 11.5. The molecular formula is C11H5N3S2. The van der Waals surface area contributed by atoms with E-state index in [9.17, 15) is 0 Å². The van der Waals surface area contributed by atoms with Gasteiger partial charge in [0, 0.05) is 6.20 Å². The molecule has 1 aromatic heterocycles. The number of hydrogen-bond acceptors (Lipinski definition) is 4. The molecule has 0 aliphatic heterocycles. The van der Waals surface area contributed by atoms with Gasteiger partial charge in [-0.05, 0) is 24.4 Å². The normalized spacial score (nSPS) is 9.38. The molecule has 3 nitrogen and oxygen atoms in total. The fourth-order valence-corrected chi connectivity index (χ4v) is 2.59. The molecule has 0 unspecified atom stereocenters. The summed E-state index contributed by atoms with van der Waals surface area (Å²) in [5, 5.41) is 17.4. The van der Waals surface area contributed by atoms with E-state index >= 15 is 0 Å². The van der Waals surface area contributed by atoms with E-state index in [4.69, 9.17) is 22.7 Å². The number of nitrogens with zero attached hydrogens (tertiary/aromatic N) is 3. The van der Waals surface area contributed by atoms with Crippen LogP contribution in [0.4, 0.5) is 0 Å². The van der Waals surface area contributed by atoms with Crippen LogP contribution in [0.25, 0.3) is 16.4 Å². The first-order chi connectivity index (χ1) is 7.76. The van der Waals surface area contributed by atoms with E-state index in [-0.39, 0.29) is 5.57 Å². The molecule has 0 bridgehead atoms. The molecule has 0 aliphatic rings. The van der Waals surface area contributed by atoms with Crippen LogP contribution in [0.2, 0.25) is 0 Å². The zero-order valence-corrected chi connectivity index (χ0v) is 9.68. The van der Waals surface area contributed by atoms with Crippen molar-refractivity contribution in [2.24, 2.45) is 0 Å². The maximum Gasteiger partial charge on any atom is 0.166 e. The largest absolute Gasteiger partial charge is 0.296 e. The topological polar surface area (TPSA) is 52.5 Å². The number of hydrogen-bond donors (Lipinski definition) is 0. The van der Waals surface area contributed by atoms with E-state index in [0.717, 1.165) is 10.2 Å². The zero-order valence-electron chi connectivity index (χ0n) is 8.04. The lowest BCUT2D eigenvalue weighted by atomic mass is 10.3. The monoisotopic (exact) mass is 243 g/mol. The molecule has 1 aromatic carbocycles. The molecule has 0 aliphatic carbocycles. The van der Waals surface area contributed by atoms with Crippen LogP contribution < -0.4 is 0 Å². The van der Waals surface area contributed by atoms with Crippen molar-refractivity contribution in [1.29, 1.82) is 10.5 Å². The lowest BCUT2D eigenvalue weighted by Gasteiger charge is -1.95. The van der Waals surface area contributed by atoms with Gasteiger partial charge < -0.3 is 0 Å². The lowest BCUT2D eigenvalue weighted by molar-refractivity contribution is 1.21. The molecule has 0 saturated heterocycles. The highest BCUT2D eigenvalue weighted by atomic mass is 32.1. The molecule has 0 saturated carbocycles. The van der Waals surface area contributed by atoms with Gasteiger partial charge in [-0.3, -0.25) is 4.57 Å². The molecule has 16 heavy (non-hydrogen) atoms. The highest BCUT2D eigenvalue weighted by Gasteiger charge is 2.03. The number of para-hydroxylation sites is 1.